The molecule has 33 heavy (non-hydrogen) atoms. The standard InChI is InChI=1S/C27H39N5O/c28-19-14-15-30(18-19)26-27(33)32(25-11-7-6-10-24(25)29-26)23-16-21-12-13-22(17-23)31(21)20-8-4-2-1-3-5-9-20/h6-7,10-11,19-23H,1-5,8-9,12-18,28H2/t19-,21+,22?,23?/m1/s1. The number of fused-ring (bicyclic) bond motifs is 3. The van der Waals surface area contributed by atoms with Gasteiger partial charge in [0, 0.05) is 43.3 Å². The van der Waals surface area contributed by atoms with E-state index in [4.69, 9.17) is 10.7 Å². The molecule has 4 aliphatic rings. The zero-order chi connectivity index (χ0) is 22.4. The SMILES string of the molecule is N[C@@H]1CCN(c2nc3ccccc3n(C3CC4CC[C@@H](C3)N4C3CCCCCCC3)c2=O)C1. The Labute approximate surface area is 197 Å². The molecular formula is C27H39N5O. The van der Waals surface area contributed by atoms with Crippen LogP contribution in [0, 0.1) is 0 Å². The van der Waals surface area contributed by atoms with E-state index < -0.39 is 0 Å². The molecule has 2 bridgehead atoms. The van der Waals surface area contributed by atoms with Crippen molar-refractivity contribution in [3.63, 3.8) is 0 Å². The molecule has 2 N–H and O–H groups in total. The van der Waals surface area contributed by atoms with Crippen LogP contribution in [0.15, 0.2) is 29.1 Å². The number of piperidine rings is 1. The highest BCUT2D eigenvalue weighted by Gasteiger charge is 2.44. The van der Waals surface area contributed by atoms with Crippen molar-refractivity contribution in [2.75, 3.05) is 18.0 Å². The number of nitrogens with zero attached hydrogens (tertiary/aromatic N) is 4. The molecule has 1 aliphatic carbocycles. The van der Waals surface area contributed by atoms with Crippen LogP contribution in [0.5, 0.6) is 0 Å². The molecule has 2 unspecified atom stereocenters. The first-order chi connectivity index (χ1) is 16.2. The van der Waals surface area contributed by atoms with E-state index in [1.807, 2.05) is 12.1 Å². The number of hydrogen-bond donors (Lipinski definition) is 1. The van der Waals surface area contributed by atoms with Gasteiger partial charge in [-0.1, -0.05) is 44.2 Å². The van der Waals surface area contributed by atoms with Crippen LogP contribution in [0.4, 0.5) is 5.82 Å². The fourth-order valence-corrected chi connectivity index (χ4v) is 7.41. The largest absolute Gasteiger partial charge is 0.350 e. The Morgan fingerprint density at radius 2 is 1.52 bits per heavy atom. The minimum Gasteiger partial charge on any atom is -0.350 e. The zero-order valence-corrected chi connectivity index (χ0v) is 19.9. The quantitative estimate of drug-likeness (QED) is 0.760. The van der Waals surface area contributed by atoms with Crippen LogP contribution >= 0.6 is 0 Å². The molecule has 3 saturated heterocycles. The summed E-state index contributed by atoms with van der Waals surface area (Å²) < 4.78 is 2.13. The topological polar surface area (TPSA) is 67.4 Å². The van der Waals surface area contributed by atoms with Gasteiger partial charge >= 0.3 is 0 Å². The van der Waals surface area contributed by atoms with Crippen molar-refractivity contribution in [2.45, 2.75) is 107 Å². The van der Waals surface area contributed by atoms with Gasteiger partial charge in [0.15, 0.2) is 5.82 Å². The smallest absolute Gasteiger partial charge is 0.294 e. The summed E-state index contributed by atoms with van der Waals surface area (Å²) in [6.45, 7) is 1.55. The Balaban J connectivity index is 1.33. The lowest BCUT2D eigenvalue weighted by molar-refractivity contribution is 0.0498. The van der Waals surface area contributed by atoms with Crippen LogP contribution in [0.1, 0.15) is 83.1 Å². The zero-order valence-electron chi connectivity index (χ0n) is 19.9. The summed E-state index contributed by atoms with van der Waals surface area (Å²) in [5.41, 5.74) is 8.19. The molecule has 4 fully saturated rings. The molecule has 178 valence electrons. The normalized spacial score (nSPS) is 31.7. The van der Waals surface area contributed by atoms with E-state index in [1.54, 1.807) is 0 Å². The van der Waals surface area contributed by atoms with Crippen LogP contribution in [0.3, 0.4) is 0 Å². The average molecular weight is 450 g/mol. The predicted molar refractivity (Wildman–Crippen MR) is 134 cm³/mol. The molecule has 6 heteroatoms. The first kappa shape index (κ1) is 21.6. The molecule has 4 heterocycles. The maximum absolute atomic E-state index is 13.9. The Morgan fingerprint density at radius 1 is 0.818 bits per heavy atom. The molecule has 0 amide bonds. The molecule has 4 atom stereocenters. The van der Waals surface area contributed by atoms with E-state index in [2.05, 4.69) is 26.5 Å². The number of hydrogen-bond acceptors (Lipinski definition) is 5. The van der Waals surface area contributed by atoms with Gasteiger partial charge < -0.3 is 15.2 Å². The summed E-state index contributed by atoms with van der Waals surface area (Å²) in [5.74, 6) is 0.608. The summed E-state index contributed by atoms with van der Waals surface area (Å²) in [6.07, 6.45) is 15.5. The molecular weight excluding hydrogens is 410 g/mol. The lowest BCUT2D eigenvalue weighted by atomic mass is 9.89. The van der Waals surface area contributed by atoms with Crippen molar-refractivity contribution < 1.29 is 0 Å². The van der Waals surface area contributed by atoms with Crippen molar-refractivity contribution in [1.82, 2.24) is 14.5 Å². The van der Waals surface area contributed by atoms with Gasteiger partial charge in [-0.05, 0) is 57.1 Å². The highest BCUT2D eigenvalue weighted by atomic mass is 16.1. The maximum atomic E-state index is 13.9. The Bertz CT molecular complexity index is 1030. The monoisotopic (exact) mass is 449 g/mol. The number of aromatic nitrogens is 2. The Hall–Kier alpha value is -1.92. The molecule has 1 aromatic heterocycles. The number of para-hydroxylation sites is 2. The van der Waals surface area contributed by atoms with Crippen molar-refractivity contribution in [3.05, 3.63) is 34.6 Å². The average Bonchev–Trinajstić information content (AvgIpc) is 3.33. The lowest BCUT2D eigenvalue weighted by Crippen LogP contribution is -2.50. The third-order valence-electron chi connectivity index (χ3n) is 8.93. The Morgan fingerprint density at radius 3 is 2.21 bits per heavy atom. The van der Waals surface area contributed by atoms with Crippen molar-refractivity contribution in [2.24, 2.45) is 5.73 Å². The number of rotatable bonds is 3. The van der Waals surface area contributed by atoms with Gasteiger partial charge in [0.05, 0.1) is 11.0 Å². The fourth-order valence-electron chi connectivity index (χ4n) is 7.41. The van der Waals surface area contributed by atoms with Crippen LogP contribution in [-0.4, -0.2) is 51.7 Å². The summed E-state index contributed by atoms with van der Waals surface area (Å²) in [7, 11) is 0. The van der Waals surface area contributed by atoms with E-state index in [0.717, 1.165) is 49.4 Å². The molecule has 6 nitrogen and oxygen atoms in total. The van der Waals surface area contributed by atoms with Gasteiger partial charge in [0.2, 0.25) is 0 Å². The minimum absolute atomic E-state index is 0.0894. The lowest BCUT2D eigenvalue weighted by Gasteiger charge is -2.45. The predicted octanol–water partition coefficient (Wildman–Crippen LogP) is 4.21. The second-order valence-electron chi connectivity index (χ2n) is 11.1. The van der Waals surface area contributed by atoms with Gasteiger partial charge in [-0.15, -0.1) is 0 Å². The van der Waals surface area contributed by atoms with E-state index in [1.165, 1.54) is 57.8 Å². The summed E-state index contributed by atoms with van der Waals surface area (Å²) in [4.78, 5) is 23.7. The second-order valence-corrected chi connectivity index (χ2v) is 11.1. The van der Waals surface area contributed by atoms with Crippen molar-refractivity contribution >= 4 is 16.9 Å². The first-order valence-electron chi connectivity index (χ1n) is 13.5. The maximum Gasteiger partial charge on any atom is 0.294 e. The van der Waals surface area contributed by atoms with Crippen LogP contribution < -0.4 is 16.2 Å². The first-order valence-corrected chi connectivity index (χ1v) is 13.5. The van der Waals surface area contributed by atoms with Crippen LogP contribution in [0.25, 0.3) is 11.0 Å². The number of anilines is 1. The van der Waals surface area contributed by atoms with E-state index >= 15 is 0 Å². The van der Waals surface area contributed by atoms with Gasteiger partial charge in [0.25, 0.3) is 5.56 Å². The Kier molecular flexibility index (Phi) is 5.91. The molecule has 3 aliphatic heterocycles. The van der Waals surface area contributed by atoms with E-state index in [9.17, 15) is 4.79 Å². The molecule has 1 aromatic carbocycles. The minimum atomic E-state index is 0.0894. The highest BCUT2D eigenvalue weighted by Crippen LogP contribution is 2.44. The third-order valence-corrected chi connectivity index (χ3v) is 8.93. The molecule has 6 rings (SSSR count). The summed E-state index contributed by atoms with van der Waals surface area (Å²) in [6, 6.07) is 10.6. The van der Waals surface area contributed by atoms with Gasteiger partial charge in [0.1, 0.15) is 0 Å². The number of nitrogens with two attached hydrogens (primary N) is 1. The van der Waals surface area contributed by atoms with Crippen molar-refractivity contribution in [3.8, 4) is 0 Å². The highest BCUT2D eigenvalue weighted by molar-refractivity contribution is 5.76. The molecule has 0 radical (unpaired) electrons. The third kappa shape index (κ3) is 3.99. The molecule has 2 aromatic rings. The fraction of sp³-hybridized carbons (Fsp3) is 0.704. The van der Waals surface area contributed by atoms with Gasteiger partial charge in [-0.3, -0.25) is 9.69 Å². The van der Waals surface area contributed by atoms with E-state index in [-0.39, 0.29) is 17.6 Å². The molecule has 1 saturated carbocycles. The van der Waals surface area contributed by atoms with Crippen molar-refractivity contribution in [1.29, 1.82) is 0 Å². The van der Waals surface area contributed by atoms with Gasteiger partial charge in [-0.2, -0.15) is 0 Å². The van der Waals surface area contributed by atoms with Crippen LogP contribution in [0.2, 0.25) is 0 Å². The van der Waals surface area contributed by atoms with E-state index in [0.29, 0.717) is 17.9 Å². The summed E-state index contributed by atoms with van der Waals surface area (Å²) in [5, 5.41) is 0. The summed E-state index contributed by atoms with van der Waals surface area (Å²) >= 11 is 0. The van der Waals surface area contributed by atoms with Gasteiger partial charge in [-0.25, -0.2) is 4.98 Å². The van der Waals surface area contributed by atoms with Crippen LogP contribution in [-0.2, 0) is 0 Å². The number of benzene rings is 1. The molecule has 0 spiro atoms. The second kappa shape index (κ2) is 9.03.